The molecule has 2 fully saturated rings. The molecule has 3 amide bonds. The van der Waals surface area contributed by atoms with Crippen LogP contribution in [-0.2, 0) is 16.1 Å². The number of piperidine rings is 1. The van der Waals surface area contributed by atoms with Crippen molar-refractivity contribution < 1.29 is 19.1 Å². The van der Waals surface area contributed by atoms with Gasteiger partial charge in [-0.25, -0.2) is 0 Å². The normalized spacial score (nSPS) is 27.7. The third-order valence-corrected chi connectivity index (χ3v) is 5.70. The van der Waals surface area contributed by atoms with E-state index in [1.165, 1.54) is 0 Å². The molecule has 3 aliphatic rings. The number of carbonyl (C=O) groups excluding carboxylic acids is 3. The lowest BCUT2D eigenvalue weighted by atomic mass is 10.0. The van der Waals surface area contributed by atoms with Gasteiger partial charge in [0.25, 0.3) is 5.91 Å². The van der Waals surface area contributed by atoms with Crippen molar-refractivity contribution in [3.63, 3.8) is 0 Å². The molecule has 0 aromatic heterocycles. The number of nitrogens with one attached hydrogen (secondary N) is 2. The maximum Gasteiger partial charge on any atom is 0.255 e. The Labute approximate surface area is 158 Å². The summed E-state index contributed by atoms with van der Waals surface area (Å²) in [6.07, 6.45) is 4.07. The summed E-state index contributed by atoms with van der Waals surface area (Å²) >= 11 is 0. The van der Waals surface area contributed by atoms with Gasteiger partial charge < -0.3 is 15.0 Å². The molecule has 3 atom stereocenters. The Hall–Kier alpha value is -2.41. The summed E-state index contributed by atoms with van der Waals surface area (Å²) in [7, 11) is 0. The van der Waals surface area contributed by atoms with Crippen molar-refractivity contribution >= 4 is 17.7 Å². The lowest BCUT2D eigenvalue weighted by Crippen LogP contribution is -2.52. The third-order valence-electron chi connectivity index (χ3n) is 5.70. The van der Waals surface area contributed by atoms with Crippen LogP contribution in [0, 0.1) is 0 Å². The van der Waals surface area contributed by atoms with Crippen molar-refractivity contribution in [2.45, 2.75) is 63.8 Å². The Morgan fingerprint density at radius 1 is 1.22 bits per heavy atom. The van der Waals surface area contributed by atoms with E-state index >= 15 is 0 Å². The van der Waals surface area contributed by atoms with Crippen molar-refractivity contribution in [3.05, 3.63) is 29.3 Å². The van der Waals surface area contributed by atoms with Crippen LogP contribution in [0.2, 0.25) is 0 Å². The zero-order valence-corrected chi connectivity index (χ0v) is 15.5. The van der Waals surface area contributed by atoms with Crippen molar-refractivity contribution in [1.82, 2.24) is 15.5 Å². The zero-order chi connectivity index (χ0) is 19.0. The molecule has 1 aliphatic carbocycles. The van der Waals surface area contributed by atoms with Crippen molar-refractivity contribution in [2.75, 3.05) is 6.54 Å². The number of fused-ring (bicyclic) bond motifs is 1. The molecule has 7 heteroatoms. The molecule has 2 N–H and O–H groups in total. The second-order valence-corrected chi connectivity index (χ2v) is 7.47. The SMILES string of the molecule is CCN[C@@H]1CCC[C@@H]1Oc1ccc2c(c1)CN(C1CCC(=O)NC1=O)C2=O. The summed E-state index contributed by atoms with van der Waals surface area (Å²) in [5.74, 6) is -0.0508. The number of amides is 3. The van der Waals surface area contributed by atoms with E-state index in [1.54, 1.807) is 11.0 Å². The number of benzene rings is 1. The highest BCUT2D eigenvalue weighted by atomic mass is 16.5. The molecule has 0 spiro atoms. The summed E-state index contributed by atoms with van der Waals surface area (Å²) in [6.45, 7) is 3.39. The third kappa shape index (κ3) is 3.43. The lowest BCUT2D eigenvalue weighted by Gasteiger charge is -2.29. The predicted octanol–water partition coefficient (Wildman–Crippen LogP) is 1.36. The van der Waals surface area contributed by atoms with E-state index in [0.29, 0.717) is 24.6 Å². The quantitative estimate of drug-likeness (QED) is 0.763. The highest BCUT2D eigenvalue weighted by Gasteiger charge is 2.39. The number of hydrogen-bond acceptors (Lipinski definition) is 5. The van der Waals surface area contributed by atoms with Crippen LogP contribution in [0.4, 0.5) is 0 Å². The highest BCUT2D eigenvalue weighted by Crippen LogP contribution is 2.32. The molecule has 0 bridgehead atoms. The van der Waals surface area contributed by atoms with Gasteiger partial charge in [0.2, 0.25) is 11.8 Å². The molecule has 2 aliphatic heterocycles. The molecule has 7 nitrogen and oxygen atoms in total. The van der Waals surface area contributed by atoms with E-state index in [9.17, 15) is 14.4 Å². The molecular formula is C20H25N3O4. The summed E-state index contributed by atoms with van der Waals surface area (Å²) in [5, 5.41) is 5.80. The molecular weight excluding hydrogens is 346 g/mol. The summed E-state index contributed by atoms with van der Waals surface area (Å²) in [4.78, 5) is 37.8. The smallest absolute Gasteiger partial charge is 0.255 e. The number of hydrogen-bond donors (Lipinski definition) is 2. The van der Waals surface area contributed by atoms with Gasteiger partial charge in [0.05, 0.1) is 0 Å². The Bertz CT molecular complexity index is 778. The average Bonchev–Trinajstić information content (AvgIpc) is 3.20. The summed E-state index contributed by atoms with van der Waals surface area (Å²) in [5.41, 5.74) is 1.49. The van der Waals surface area contributed by atoms with Gasteiger partial charge in [-0.3, -0.25) is 19.7 Å². The van der Waals surface area contributed by atoms with Crippen LogP contribution in [0.25, 0.3) is 0 Å². The minimum absolute atomic E-state index is 0.145. The second kappa shape index (κ2) is 7.31. The van der Waals surface area contributed by atoms with E-state index in [-0.39, 0.29) is 30.2 Å². The van der Waals surface area contributed by atoms with E-state index in [1.807, 2.05) is 12.1 Å². The van der Waals surface area contributed by atoms with Gasteiger partial charge in [0, 0.05) is 24.6 Å². The van der Waals surface area contributed by atoms with Crippen molar-refractivity contribution in [3.8, 4) is 5.75 Å². The van der Waals surface area contributed by atoms with Crippen LogP contribution in [-0.4, -0.2) is 47.4 Å². The number of imide groups is 1. The minimum atomic E-state index is -0.583. The second-order valence-electron chi connectivity index (χ2n) is 7.47. The van der Waals surface area contributed by atoms with Crippen LogP contribution in [0.5, 0.6) is 5.75 Å². The fourth-order valence-electron chi connectivity index (χ4n) is 4.36. The Morgan fingerprint density at radius 2 is 2.07 bits per heavy atom. The number of ether oxygens (including phenoxy) is 1. The van der Waals surface area contributed by atoms with Crippen LogP contribution in [0.15, 0.2) is 18.2 Å². The number of nitrogens with zero attached hydrogens (tertiary/aromatic N) is 1. The van der Waals surface area contributed by atoms with Crippen molar-refractivity contribution in [1.29, 1.82) is 0 Å². The molecule has 1 saturated carbocycles. The van der Waals surface area contributed by atoms with Gasteiger partial charge in [0.15, 0.2) is 0 Å². The number of carbonyl (C=O) groups is 3. The standard InChI is InChI=1S/C20H25N3O4/c1-2-21-15-4-3-5-17(15)27-13-6-7-14-12(10-13)11-23(20(14)26)16-8-9-18(24)22-19(16)25/h6-7,10,15-17,21H,2-5,8-9,11H2,1H3,(H,22,24,25)/t15-,16?,17+/m1/s1. The van der Waals surface area contributed by atoms with Gasteiger partial charge >= 0.3 is 0 Å². The topological polar surface area (TPSA) is 87.7 Å². The van der Waals surface area contributed by atoms with Crippen LogP contribution in [0.3, 0.4) is 0 Å². The molecule has 27 heavy (non-hydrogen) atoms. The molecule has 0 radical (unpaired) electrons. The van der Waals surface area contributed by atoms with E-state index in [4.69, 9.17) is 4.74 Å². The maximum atomic E-state index is 12.7. The first-order valence-electron chi connectivity index (χ1n) is 9.74. The van der Waals surface area contributed by atoms with Crippen LogP contribution in [0.1, 0.15) is 54.9 Å². The first kappa shape index (κ1) is 18.0. The summed E-state index contributed by atoms with van der Waals surface area (Å²) < 4.78 is 6.20. The first-order valence-corrected chi connectivity index (χ1v) is 9.74. The largest absolute Gasteiger partial charge is 0.489 e. The Kier molecular flexibility index (Phi) is 4.86. The fraction of sp³-hybridized carbons (Fsp3) is 0.550. The average molecular weight is 371 g/mol. The van der Waals surface area contributed by atoms with Gasteiger partial charge in [-0.2, -0.15) is 0 Å². The van der Waals surface area contributed by atoms with Gasteiger partial charge in [0.1, 0.15) is 17.9 Å². The van der Waals surface area contributed by atoms with Crippen molar-refractivity contribution in [2.24, 2.45) is 0 Å². The molecule has 4 rings (SSSR count). The maximum absolute atomic E-state index is 12.7. The molecule has 144 valence electrons. The van der Waals surface area contributed by atoms with E-state index in [0.717, 1.165) is 37.1 Å². The fourth-order valence-corrected chi connectivity index (χ4v) is 4.36. The minimum Gasteiger partial charge on any atom is -0.489 e. The Morgan fingerprint density at radius 3 is 2.85 bits per heavy atom. The first-order chi connectivity index (χ1) is 13.1. The lowest BCUT2D eigenvalue weighted by molar-refractivity contribution is -0.136. The van der Waals surface area contributed by atoms with Gasteiger partial charge in [-0.1, -0.05) is 6.92 Å². The number of rotatable bonds is 5. The molecule has 1 saturated heterocycles. The molecule has 1 aromatic rings. The zero-order valence-electron chi connectivity index (χ0n) is 15.5. The predicted molar refractivity (Wildman–Crippen MR) is 98.2 cm³/mol. The van der Waals surface area contributed by atoms with E-state index in [2.05, 4.69) is 17.6 Å². The summed E-state index contributed by atoms with van der Waals surface area (Å²) in [6, 6.07) is 5.33. The van der Waals surface area contributed by atoms with Crippen LogP contribution >= 0.6 is 0 Å². The van der Waals surface area contributed by atoms with Crippen LogP contribution < -0.4 is 15.4 Å². The monoisotopic (exact) mass is 371 g/mol. The molecule has 2 heterocycles. The Balaban J connectivity index is 1.48. The van der Waals surface area contributed by atoms with Gasteiger partial charge in [-0.15, -0.1) is 0 Å². The van der Waals surface area contributed by atoms with Gasteiger partial charge in [-0.05, 0) is 56.0 Å². The highest BCUT2D eigenvalue weighted by molar-refractivity contribution is 6.05. The molecule has 1 unspecified atom stereocenters. The number of likely N-dealkylation sites (N-methyl/N-ethyl adjacent to an activating group) is 1. The van der Waals surface area contributed by atoms with E-state index < -0.39 is 6.04 Å². The molecule has 1 aromatic carbocycles.